The van der Waals surface area contributed by atoms with Gasteiger partial charge in [-0.25, -0.2) is 0 Å². The molecule has 1 aliphatic carbocycles. The third-order valence-electron chi connectivity index (χ3n) is 4.14. The zero-order valence-electron chi connectivity index (χ0n) is 9.60. The second kappa shape index (κ2) is 4.81. The maximum atomic E-state index is 9.53. The van der Waals surface area contributed by atoms with Crippen molar-refractivity contribution >= 4 is 0 Å². The van der Waals surface area contributed by atoms with Crippen LogP contribution < -0.4 is 0 Å². The van der Waals surface area contributed by atoms with Crippen LogP contribution in [0.15, 0.2) is 0 Å². The number of rotatable bonds is 2. The molecule has 0 aromatic heterocycles. The van der Waals surface area contributed by atoms with Crippen molar-refractivity contribution in [2.45, 2.75) is 57.3 Å². The number of hydrogen-bond acceptors (Lipinski definition) is 3. The maximum Gasteiger partial charge on any atom is 0.0938 e. The molecule has 2 fully saturated rings. The smallest absolute Gasteiger partial charge is 0.0938 e. The first-order chi connectivity index (χ1) is 7.20. The first kappa shape index (κ1) is 11.4. The second-order valence-electron chi connectivity index (χ2n) is 5.18. The van der Waals surface area contributed by atoms with Crippen molar-refractivity contribution in [3.05, 3.63) is 0 Å². The monoisotopic (exact) mass is 213 g/mol. The Balaban J connectivity index is 1.88. The predicted octanol–water partition coefficient (Wildman–Crippen LogP) is 0.993. The average molecular weight is 213 g/mol. The van der Waals surface area contributed by atoms with E-state index in [1.165, 1.54) is 32.1 Å². The number of aliphatic hydroxyl groups excluding tert-OH is 2. The van der Waals surface area contributed by atoms with Gasteiger partial charge in [0, 0.05) is 19.1 Å². The van der Waals surface area contributed by atoms with Crippen LogP contribution in [-0.2, 0) is 0 Å². The normalized spacial score (nSPS) is 43.4. The molecule has 0 spiro atoms. The molecular weight excluding hydrogens is 190 g/mol. The van der Waals surface area contributed by atoms with Crippen molar-refractivity contribution in [1.29, 1.82) is 0 Å². The minimum Gasteiger partial charge on any atom is -0.389 e. The Bertz CT molecular complexity index is 200. The van der Waals surface area contributed by atoms with E-state index >= 15 is 0 Å². The molecule has 2 aliphatic rings. The molecule has 15 heavy (non-hydrogen) atoms. The fourth-order valence-corrected chi connectivity index (χ4v) is 3.06. The molecule has 3 heteroatoms. The number of nitrogens with zero attached hydrogens (tertiary/aromatic N) is 1. The van der Waals surface area contributed by atoms with E-state index in [2.05, 4.69) is 11.8 Å². The summed E-state index contributed by atoms with van der Waals surface area (Å²) in [5, 5.41) is 19.1. The summed E-state index contributed by atoms with van der Waals surface area (Å²) >= 11 is 0. The molecule has 1 heterocycles. The van der Waals surface area contributed by atoms with Crippen LogP contribution in [-0.4, -0.2) is 46.5 Å². The zero-order valence-corrected chi connectivity index (χ0v) is 9.60. The molecule has 0 bridgehead atoms. The van der Waals surface area contributed by atoms with E-state index in [0.29, 0.717) is 19.1 Å². The van der Waals surface area contributed by atoms with Crippen LogP contribution in [0.3, 0.4) is 0 Å². The van der Waals surface area contributed by atoms with Gasteiger partial charge in [0.1, 0.15) is 0 Å². The summed E-state index contributed by atoms with van der Waals surface area (Å²) in [6.45, 7) is 3.60. The molecule has 0 amide bonds. The molecule has 2 rings (SSSR count). The van der Waals surface area contributed by atoms with Crippen LogP contribution in [0, 0.1) is 5.92 Å². The lowest BCUT2D eigenvalue weighted by molar-refractivity contribution is 0.0572. The molecule has 0 aromatic rings. The molecule has 1 aliphatic heterocycles. The lowest BCUT2D eigenvalue weighted by Crippen LogP contribution is -2.38. The number of hydrogen-bond donors (Lipinski definition) is 2. The molecule has 2 N–H and O–H groups in total. The van der Waals surface area contributed by atoms with Gasteiger partial charge in [-0.1, -0.05) is 26.2 Å². The molecular formula is C12H23NO2. The fraction of sp³-hybridized carbons (Fsp3) is 1.00. The van der Waals surface area contributed by atoms with Crippen LogP contribution in [0.2, 0.25) is 0 Å². The first-order valence-electron chi connectivity index (χ1n) is 6.31. The first-order valence-corrected chi connectivity index (χ1v) is 6.31. The van der Waals surface area contributed by atoms with Crippen LogP contribution >= 0.6 is 0 Å². The standard InChI is InChI=1S/C12H23NO2/c1-2-9-4-3-5-10(6-9)13-7-11(14)12(15)8-13/h9-12,14-15H,2-8H2,1H3/t9?,10?,11-,12+. The van der Waals surface area contributed by atoms with Gasteiger partial charge in [0.2, 0.25) is 0 Å². The summed E-state index contributed by atoms with van der Waals surface area (Å²) in [4.78, 5) is 2.29. The third kappa shape index (κ3) is 2.52. The highest BCUT2D eigenvalue weighted by atomic mass is 16.3. The molecule has 0 radical (unpaired) electrons. The summed E-state index contributed by atoms with van der Waals surface area (Å²) in [5.74, 6) is 0.860. The summed E-state index contributed by atoms with van der Waals surface area (Å²) in [7, 11) is 0. The Morgan fingerprint density at radius 1 is 1.13 bits per heavy atom. The molecule has 0 aromatic carbocycles. The SMILES string of the molecule is CCC1CCCC(N2C[C@@H](O)[C@@H](O)C2)C1. The van der Waals surface area contributed by atoms with Gasteiger partial charge in [-0.2, -0.15) is 0 Å². The van der Waals surface area contributed by atoms with Crippen LogP contribution in [0.5, 0.6) is 0 Å². The summed E-state index contributed by atoms with van der Waals surface area (Å²) in [6, 6.07) is 0.607. The summed E-state index contributed by atoms with van der Waals surface area (Å²) < 4.78 is 0. The van der Waals surface area contributed by atoms with Crippen molar-refractivity contribution in [3.63, 3.8) is 0 Å². The number of β-amino-alcohol motifs (C(OH)–C–C–N with tert-alkyl or cyclic N) is 2. The van der Waals surface area contributed by atoms with Gasteiger partial charge in [-0.05, 0) is 18.8 Å². The van der Waals surface area contributed by atoms with E-state index in [-0.39, 0.29) is 0 Å². The van der Waals surface area contributed by atoms with E-state index in [4.69, 9.17) is 0 Å². The van der Waals surface area contributed by atoms with Crippen molar-refractivity contribution in [3.8, 4) is 0 Å². The van der Waals surface area contributed by atoms with Gasteiger partial charge in [-0.3, -0.25) is 4.90 Å². The van der Waals surface area contributed by atoms with Crippen LogP contribution in [0.1, 0.15) is 39.0 Å². The molecule has 3 nitrogen and oxygen atoms in total. The highest BCUT2D eigenvalue weighted by Crippen LogP contribution is 2.31. The minimum absolute atomic E-state index is 0.521. The van der Waals surface area contributed by atoms with Crippen molar-refractivity contribution in [2.75, 3.05) is 13.1 Å². The number of likely N-dealkylation sites (tertiary alicyclic amines) is 1. The quantitative estimate of drug-likeness (QED) is 0.719. The van der Waals surface area contributed by atoms with E-state index in [1.807, 2.05) is 0 Å². The van der Waals surface area contributed by atoms with Gasteiger partial charge >= 0.3 is 0 Å². The van der Waals surface area contributed by atoms with Crippen molar-refractivity contribution in [2.24, 2.45) is 5.92 Å². The largest absolute Gasteiger partial charge is 0.389 e. The Kier molecular flexibility index (Phi) is 3.65. The molecule has 1 saturated carbocycles. The lowest BCUT2D eigenvalue weighted by Gasteiger charge is -2.34. The Morgan fingerprint density at radius 3 is 2.40 bits per heavy atom. The molecule has 4 atom stereocenters. The van der Waals surface area contributed by atoms with E-state index in [9.17, 15) is 10.2 Å². The third-order valence-corrected chi connectivity index (χ3v) is 4.14. The fourth-order valence-electron chi connectivity index (χ4n) is 3.06. The average Bonchev–Trinajstić information content (AvgIpc) is 2.59. The topological polar surface area (TPSA) is 43.7 Å². The summed E-state index contributed by atoms with van der Waals surface area (Å²) in [5.41, 5.74) is 0. The number of aliphatic hydroxyl groups is 2. The van der Waals surface area contributed by atoms with Crippen molar-refractivity contribution in [1.82, 2.24) is 4.90 Å². The van der Waals surface area contributed by atoms with E-state index in [0.717, 1.165) is 5.92 Å². The van der Waals surface area contributed by atoms with Gasteiger partial charge in [0.05, 0.1) is 12.2 Å². The van der Waals surface area contributed by atoms with Gasteiger partial charge < -0.3 is 10.2 Å². The lowest BCUT2D eigenvalue weighted by atomic mass is 9.83. The molecule has 88 valence electrons. The predicted molar refractivity (Wildman–Crippen MR) is 59.6 cm³/mol. The Morgan fingerprint density at radius 2 is 1.80 bits per heavy atom. The summed E-state index contributed by atoms with van der Waals surface area (Å²) in [6.07, 6.45) is 5.41. The van der Waals surface area contributed by atoms with Gasteiger partial charge in [-0.15, -0.1) is 0 Å². The van der Waals surface area contributed by atoms with E-state index in [1.54, 1.807) is 0 Å². The van der Waals surface area contributed by atoms with Crippen molar-refractivity contribution < 1.29 is 10.2 Å². The maximum absolute atomic E-state index is 9.53. The Hall–Kier alpha value is -0.120. The molecule has 1 saturated heterocycles. The highest BCUT2D eigenvalue weighted by molar-refractivity contribution is 4.89. The van der Waals surface area contributed by atoms with E-state index < -0.39 is 12.2 Å². The van der Waals surface area contributed by atoms with Crippen LogP contribution in [0.4, 0.5) is 0 Å². The van der Waals surface area contributed by atoms with Gasteiger partial charge in [0.25, 0.3) is 0 Å². The highest BCUT2D eigenvalue weighted by Gasteiger charge is 2.35. The zero-order chi connectivity index (χ0) is 10.8. The van der Waals surface area contributed by atoms with Gasteiger partial charge in [0.15, 0.2) is 0 Å². The van der Waals surface area contributed by atoms with Crippen LogP contribution in [0.25, 0.3) is 0 Å². The second-order valence-corrected chi connectivity index (χ2v) is 5.18. The Labute approximate surface area is 92.1 Å². The molecule has 2 unspecified atom stereocenters. The minimum atomic E-state index is -0.521.